The standard InChI is InChI=1S/C26H27N3OS/c1-2-23(19-9-5-3-6-10-19)25(30)28(21-13-14-21)16-15-22-18-31-26-27-24(17-29(22)26)20-11-7-4-8-12-20/h3-12,17-18,21,23H,2,13-16H2,1H3. The van der Waals surface area contributed by atoms with E-state index in [-0.39, 0.29) is 11.8 Å². The third kappa shape index (κ3) is 4.15. The Hall–Kier alpha value is -2.92. The maximum Gasteiger partial charge on any atom is 0.230 e. The maximum atomic E-state index is 13.5. The summed E-state index contributed by atoms with van der Waals surface area (Å²) in [4.78, 5) is 21.4. The number of nitrogens with zero attached hydrogens (tertiary/aromatic N) is 3. The van der Waals surface area contributed by atoms with E-state index in [1.165, 1.54) is 5.69 Å². The number of aromatic nitrogens is 2. The summed E-state index contributed by atoms with van der Waals surface area (Å²) in [5.41, 5.74) is 4.48. The van der Waals surface area contributed by atoms with Crippen LogP contribution in [0.2, 0.25) is 0 Å². The molecule has 1 saturated carbocycles. The zero-order valence-corrected chi connectivity index (χ0v) is 18.6. The highest BCUT2D eigenvalue weighted by Gasteiger charge is 2.35. The number of hydrogen-bond acceptors (Lipinski definition) is 3. The second-order valence-corrected chi connectivity index (χ2v) is 9.09. The highest BCUT2D eigenvalue weighted by atomic mass is 32.1. The van der Waals surface area contributed by atoms with Gasteiger partial charge in [0.15, 0.2) is 4.96 Å². The maximum absolute atomic E-state index is 13.5. The van der Waals surface area contributed by atoms with Crippen LogP contribution in [0, 0.1) is 0 Å². The van der Waals surface area contributed by atoms with E-state index in [9.17, 15) is 4.79 Å². The first-order valence-electron chi connectivity index (χ1n) is 11.1. The molecule has 2 heterocycles. The second kappa shape index (κ2) is 8.67. The van der Waals surface area contributed by atoms with E-state index >= 15 is 0 Å². The molecular formula is C26H27N3OS. The summed E-state index contributed by atoms with van der Waals surface area (Å²) >= 11 is 1.67. The van der Waals surface area contributed by atoms with Crippen LogP contribution in [-0.4, -0.2) is 32.8 Å². The molecule has 0 spiro atoms. The third-order valence-corrected chi connectivity index (χ3v) is 7.03. The normalized spacial score (nSPS) is 14.6. The Balaban J connectivity index is 1.34. The predicted molar refractivity (Wildman–Crippen MR) is 126 cm³/mol. The minimum atomic E-state index is -0.0535. The van der Waals surface area contributed by atoms with Crippen molar-refractivity contribution in [3.63, 3.8) is 0 Å². The molecule has 1 aliphatic carbocycles. The first-order valence-corrected chi connectivity index (χ1v) is 12.0. The number of benzene rings is 2. The molecule has 1 unspecified atom stereocenters. The lowest BCUT2D eigenvalue weighted by Gasteiger charge is -2.27. The van der Waals surface area contributed by atoms with Gasteiger partial charge in [-0.15, -0.1) is 11.3 Å². The number of carbonyl (C=O) groups is 1. The molecule has 2 aromatic carbocycles. The summed E-state index contributed by atoms with van der Waals surface area (Å²) in [5.74, 6) is 0.223. The fraction of sp³-hybridized carbons (Fsp3) is 0.308. The van der Waals surface area contributed by atoms with E-state index in [1.807, 2.05) is 36.4 Å². The molecule has 0 N–H and O–H groups in total. The molecule has 4 aromatic rings. The third-order valence-electron chi connectivity index (χ3n) is 6.14. The Morgan fingerprint density at radius 1 is 1.13 bits per heavy atom. The van der Waals surface area contributed by atoms with Crippen molar-refractivity contribution < 1.29 is 4.79 Å². The average Bonchev–Trinajstić information content (AvgIpc) is 3.44. The Bertz CT molecular complexity index is 1160. The molecule has 0 bridgehead atoms. The van der Waals surface area contributed by atoms with Gasteiger partial charge in [-0.05, 0) is 24.8 Å². The first-order chi connectivity index (χ1) is 15.2. The number of imidazole rings is 1. The monoisotopic (exact) mass is 429 g/mol. The molecule has 158 valence electrons. The largest absolute Gasteiger partial charge is 0.339 e. The van der Waals surface area contributed by atoms with Crippen molar-refractivity contribution in [2.24, 2.45) is 0 Å². The molecule has 1 aliphatic rings. The van der Waals surface area contributed by atoms with E-state index in [2.05, 4.69) is 52.1 Å². The van der Waals surface area contributed by atoms with Crippen molar-refractivity contribution >= 4 is 22.2 Å². The summed E-state index contributed by atoms with van der Waals surface area (Å²) in [6.45, 7) is 2.87. The fourth-order valence-electron chi connectivity index (χ4n) is 4.29. The zero-order chi connectivity index (χ0) is 21.2. The van der Waals surface area contributed by atoms with Crippen molar-refractivity contribution in [2.45, 2.75) is 44.6 Å². The van der Waals surface area contributed by atoms with Gasteiger partial charge in [0.25, 0.3) is 0 Å². The highest BCUT2D eigenvalue weighted by Crippen LogP contribution is 2.32. The quantitative estimate of drug-likeness (QED) is 0.355. The van der Waals surface area contributed by atoms with Gasteiger partial charge < -0.3 is 4.90 Å². The molecule has 1 amide bonds. The zero-order valence-electron chi connectivity index (χ0n) is 17.8. The van der Waals surface area contributed by atoms with E-state index in [1.54, 1.807) is 11.3 Å². The van der Waals surface area contributed by atoms with Gasteiger partial charge in [0, 0.05) is 41.8 Å². The van der Waals surface area contributed by atoms with Crippen molar-refractivity contribution in [2.75, 3.05) is 6.54 Å². The highest BCUT2D eigenvalue weighted by molar-refractivity contribution is 7.15. The topological polar surface area (TPSA) is 37.6 Å². The van der Waals surface area contributed by atoms with Gasteiger partial charge in [0.05, 0.1) is 11.6 Å². The summed E-state index contributed by atoms with van der Waals surface area (Å²) in [6, 6.07) is 20.9. The number of thiazole rings is 1. The van der Waals surface area contributed by atoms with Crippen LogP contribution in [0.3, 0.4) is 0 Å². The van der Waals surface area contributed by atoms with Gasteiger partial charge >= 0.3 is 0 Å². The summed E-state index contributed by atoms with van der Waals surface area (Å²) in [7, 11) is 0. The lowest BCUT2D eigenvalue weighted by Crippen LogP contribution is -2.38. The summed E-state index contributed by atoms with van der Waals surface area (Å²) < 4.78 is 2.19. The number of rotatable bonds is 8. The number of amides is 1. The number of hydrogen-bond donors (Lipinski definition) is 0. The average molecular weight is 430 g/mol. The molecular weight excluding hydrogens is 402 g/mol. The van der Waals surface area contributed by atoms with Crippen LogP contribution in [0.25, 0.3) is 16.2 Å². The van der Waals surface area contributed by atoms with E-state index < -0.39 is 0 Å². The molecule has 1 atom stereocenters. The van der Waals surface area contributed by atoms with Crippen LogP contribution in [-0.2, 0) is 11.2 Å². The molecule has 2 aromatic heterocycles. The smallest absolute Gasteiger partial charge is 0.230 e. The molecule has 5 rings (SSSR count). The summed E-state index contributed by atoms with van der Waals surface area (Å²) in [6.07, 6.45) is 6.05. The molecule has 31 heavy (non-hydrogen) atoms. The van der Waals surface area contributed by atoms with Crippen LogP contribution < -0.4 is 0 Å². The van der Waals surface area contributed by atoms with E-state index in [0.29, 0.717) is 6.04 Å². The Morgan fingerprint density at radius 3 is 2.52 bits per heavy atom. The number of fused-ring (bicyclic) bond motifs is 1. The van der Waals surface area contributed by atoms with Crippen molar-refractivity contribution in [3.05, 3.63) is 83.5 Å². The predicted octanol–water partition coefficient (Wildman–Crippen LogP) is 5.79. The van der Waals surface area contributed by atoms with Gasteiger partial charge in [-0.2, -0.15) is 0 Å². The second-order valence-electron chi connectivity index (χ2n) is 8.26. The molecule has 0 radical (unpaired) electrons. The minimum Gasteiger partial charge on any atom is -0.339 e. The van der Waals surface area contributed by atoms with Gasteiger partial charge in [0.2, 0.25) is 5.91 Å². The Kier molecular flexibility index (Phi) is 5.60. The first kappa shape index (κ1) is 20.0. The Labute approximate surface area is 187 Å². The lowest BCUT2D eigenvalue weighted by molar-refractivity contribution is -0.133. The molecule has 0 aliphatic heterocycles. The van der Waals surface area contributed by atoms with Gasteiger partial charge in [-0.3, -0.25) is 9.20 Å². The van der Waals surface area contributed by atoms with Gasteiger partial charge in [-0.25, -0.2) is 4.98 Å². The summed E-state index contributed by atoms with van der Waals surface area (Å²) in [5, 5.41) is 2.18. The molecule has 4 nitrogen and oxygen atoms in total. The van der Waals surface area contributed by atoms with Crippen molar-refractivity contribution in [3.8, 4) is 11.3 Å². The SMILES string of the molecule is CCC(C(=O)N(CCc1csc2nc(-c3ccccc3)cn12)C1CC1)c1ccccc1. The molecule has 5 heteroatoms. The van der Waals surface area contributed by atoms with Gasteiger partial charge in [0.1, 0.15) is 0 Å². The van der Waals surface area contributed by atoms with Crippen LogP contribution in [0.1, 0.15) is 43.4 Å². The number of carbonyl (C=O) groups excluding carboxylic acids is 1. The fourth-order valence-corrected chi connectivity index (χ4v) is 5.20. The van der Waals surface area contributed by atoms with Gasteiger partial charge in [-0.1, -0.05) is 67.6 Å². The molecule has 1 fully saturated rings. The van der Waals surface area contributed by atoms with Crippen LogP contribution >= 0.6 is 11.3 Å². The van der Waals surface area contributed by atoms with Crippen molar-refractivity contribution in [1.82, 2.24) is 14.3 Å². The molecule has 0 saturated heterocycles. The van der Waals surface area contributed by atoms with Crippen molar-refractivity contribution in [1.29, 1.82) is 0 Å². The van der Waals surface area contributed by atoms with Crippen LogP contribution in [0.15, 0.2) is 72.2 Å². The van der Waals surface area contributed by atoms with Crippen LogP contribution in [0.5, 0.6) is 0 Å². The Morgan fingerprint density at radius 2 is 1.84 bits per heavy atom. The minimum absolute atomic E-state index is 0.0535. The van der Waals surface area contributed by atoms with E-state index in [0.717, 1.165) is 54.0 Å². The van der Waals surface area contributed by atoms with E-state index in [4.69, 9.17) is 4.98 Å². The lowest BCUT2D eigenvalue weighted by atomic mass is 9.95. The van der Waals surface area contributed by atoms with Crippen LogP contribution in [0.4, 0.5) is 0 Å².